The molecule has 0 aliphatic carbocycles. The molecule has 4 nitrogen and oxygen atoms in total. The van der Waals surface area contributed by atoms with Crippen molar-refractivity contribution in [1.29, 1.82) is 0 Å². The van der Waals surface area contributed by atoms with E-state index in [-0.39, 0.29) is 12.0 Å². The van der Waals surface area contributed by atoms with Crippen molar-refractivity contribution in [1.82, 2.24) is 4.90 Å². The number of ether oxygens (including phenoxy) is 1. The molecule has 1 N–H and O–H groups in total. The van der Waals surface area contributed by atoms with Crippen LogP contribution in [0.2, 0.25) is 0 Å². The van der Waals surface area contributed by atoms with E-state index < -0.39 is 0 Å². The summed E-state index contributed by atoms with van der Waals surface area (Å²) in [6, 6.07) is 7.90. The monoisotopic (exact) mass is 277 g/mol. The maximum atomic E-state index is 12.0. The normalized spacial score (nSPS) is 18.9. The van der Waals surface area contributed by atoms with Crippen LogP contribution in [-0.2, 0) is 4.79 Å². The van der Waals surface area contributed by atoms with Crippen LogP contribution in [-0.4, -0.2) is 41.7 Å². The van der Waals surface area contributed by atoms with Gasteiger partial charge in [-0.3, -0.25) is 4.79 Å². The highest BCUT2D eigenvalue weighted by molar-refractivity contribution is 5.76. The first-order chi connectivity index (χ1) is 9.65. The lowest BCUT2D eigenvalue weighted by Crippen LogP contribution is -2.42. The van der Waals surface area contributed by atoms with E-state index in [0.717, 1.165) is 25.1 Å². The first-order valence-electron chi connectivity index (χ1n) is 7.30. The van der Waals surface area contributed by atoms with Crippen LogP contribution >= 0.6 is 0 Å². The summed E-state index contributed by atoms with van der Waals surface area (Å²) < 4.78 is 5.63. The van der Waals surface area contributed by atoms with Gasteiger partial charge in [0, 0.05) is 19.5 Å². The third kappa shape index (κ3) is 4.53. The fourth-order valence-electron chi connectivity index (χ4n) is 2.46. The molecule has 1 aromatic rings. The molecule has 1 atom stereocenters. The Morgan fingerprint density at radius 2 is 2.35 bits per heavy atom. The lowest BCUT2D eigenvalue weighted by molar-refractivity contribution is -0.134. The predicted octanol–water partition coefficient (Wildman–Crippen LogP) is 2.14. The summed E-state index contributed by atoms with van der Waals surface area (Å²) in [6.45, 7) is 3.83. The quantitative estimate of drug-likeness (QED) is 0.839. The molecule has 1 heterocycles. The second-order valence-electron chi connectivity index (χ2n) is 5.40. The maximum absolute atomic E-state index is 12.0. The summed E-state index contributed by atoms with van der Waals surface area (Å²) in [4.78, 5) is 13.7. The standard InChI is InChI=1S/C16H23NO3/c1-13-5-2-7-15(11-13)20-10-4-8-16(19)17-9-3-6-14(18)12-17/h2,5,7,11,14,18H,3-4,6,8-10,12H2,1H3/t14-/m0/s1. The van der Waals surface area contributed by atoms with E-state index in [1.165, 1.54) is 5.56 Å². The van der Waals surface area contributed by atoms with E-state index in [1.807, 2.05) is 31.2 Å². The highest BCUT2D eigenvalue weighted by Crippen LogP contribution is 2.14. The molecule has 2 rings (SSSR count). The van der Waals surface area contributed by atoms with Crippen LogP contribution in [0.25, 0.3) is 0 Å². The van der Waals surface area contributed by atoms with Gasteiger partial charge in [-0.05, 0) is 43.9 Å². The van der Waals surface area contributed by atoms with Crippen LogP contribution in [0.1, 0.15) is 31.2 Å². The number of aliphatic hydroxyl groups is 1. The molecule has 0 spiro atoms. The predicted molar refractivity (Wildman–Crippen MR) is 77.7 cm³/mol. The number of rotatable bonds is 5. The minimum absolute atomic E-state index is 0.122. The van der Waals surface area contributed by atoms with Crippen LogP contribution in [0.15, 0.2) is 24.3 Å². The fraction of sp³-hybridized carbons (Fsp3) is 0.562. The molecule has 0 aromatic heterocycles. The zero-order valence-electron chi connectivity index (χ0n) is 12.0. The number of hydrogen-bond donors (Lipinski definition) is 1. The largest absolute Gasteiger partial charge is 0.494 e. The lowest BCUT2D eigenvalue weighted by Gasteiger charge is -2.30. The third-order valence-corrected chi connectivity index (χ3v) is 3.54. The van der Waals surface area contributed by atoms with Gasteiger partial charge >= 0.3 is 0 Å². The topological polar surface area (TPSA) is 49.8 Å². The van der Waals surface area contributed by atoms with Gasteiger partial charge in [-0.2, -0.15) is 0 Å². The van der Waals surface area contributed by atoms with Crippen molar-refractivity contribution in [2.75, 3.05) is 19.7 Å². The number of β-amino-alcohol motifs (C(OH)–C–C–N with tert-alkyl or cyclic N) is 1. The number of carbonyl (C=O) groups is 1. The molecule has 20 heavy (non-hydrogen) atoms. The zero-order chi connectivity index (χ0) is 14.4. The molecule has 0 radical (unpaired) electrons. The van der Waals surface area contributed by atoms with Crippen LogP contribution < -0.4 is 4.74 Å². The molecule has 1 aromatic carbocycles. The van der Waals surface area contributed by atoms with Gasteiger partial charge in [-0.15, -0.1) is 0 Å². The van der Waals surface area contributed by atoms with Gasteiger partial charge in [0.25, 0.3) is 0 Å². The number of carbonyl (C=O) groups excluding carboxylic acids is 1. The summed E-state index contributed by atoms with van der Waals surface area (Å²) in [5.74, 6) is 0.974. The van der Waals surface area contributed by atoms with Crippen molar-refractivity contribution in [3.8, 4) is 5.75 Å². The molecule has 1 aliphatic rings. The average molecular weight is 277 g/mol. The first-order valence-corrected chi connectivity index (χ1v) is 7.30. The summed E-state index contributed by atoms with van der Waals surface area (Å²) in [7, 11) is 0. The smallest absolute Gasteiger partial charge is 0.222 e. The Morgan fingerprint density at radius 1 is 1.50 bits per heavy atom. The van der Waals surface area contributed by atoms with Gasteiger partial charge in [0.05, 0.1) is 12.7 Å². The summed E-state index contributed by atoms with van der Waals surface area (Å²) in [6.07, 6.45) is 2.54. The van der Waals surface area contributed by atoms with E-state index in [9.17, 15) is 9.90 Å². The van der Waals surface area contributed by atoms with Crippen LogP contribution in [0.4, 0.5) is 0 Å². The van der Waals surface area contributed by atoms with Crippen molar-refractivity contribution in [2.24, 2.45) is 0 Å². The maximum Gasteiger partial charge on any atom is 0.222 e. The second-order valence-corrected chi connectivity index (χ2v) is 5.40. The molecule has 0 bridgehead atoms. The Bertz CT molecular complexity index is 447. The van der Waals surface area contributed by atoms with Gasteiger partial charge in [0.15, 0.2) is 0 Å². The van der Waals surface area contributed by atoms with Crippen molar-refractivity contribution >= 4 is 5.91 Å². The van der Waals surface area contributed by atoms with Gasteiger partial charge in [0.1, 0.15) is 5.75 Å². The van der Waals surface area contributed by atoms with E-state index in [4.69, 9.17) is 4.74 Å². The molecule has 0 unspecified atom stereocenters. The number of likely N-dealkylation sites (tertiary alicyclic amines) is 1. The highest BCUT2D eigenvalue weighted by atomic mass is 16.5. The SMILES string of the molecule is Cc1cccc(OCCCC(=O)N2CCC[C@H](O)C2)c1. The van der Waals surface area contributed by atoms with E-state index in [0.29, 0.717) is 26.0 Å². The molecule has 110 valence electrons. The molecule has 1 amide bonds. The minimum Gasteiger partial charge on any atom is -0.494 e. The van der Waals surface area contributed by atoms with Crippen LogP contribution in [0.3, 0.4) is 0 Å². The first kappa shape index (κ1) is 14.9. The number of piperidine rings is 1. The van der Waals surface area contributed by atoms with Crippen molar-refractivity contribution < 1.29 is 14.6 Å². The van der Waals surface area contributed by atoms with E-state index >= 15 is 0 Å². The second kappa shape index (κ2) is 7.29. The Hall–Kier alpha value is -1.55. The van der Waals surface area contributed by atoms with Gasteiger partial charge < -0.3 is 14.7 Å². The van der Waals surface area contributed by atoms with Gasteiger partial charge in [-0.25, -0.2) is 0 Å². The molecule has 1 fully saturated rings. The van der Waals surface area contributed by atoms with Gasteiger partial charge in [-0.1, -0.05) is 12.1 Å². The van der Waals surface area contributed by atoms with E-state index in [2.05, 4.69) is 0 Å². The van der Waals surface area contributed by atoms with Crippen molar-refractivity contribution in [3.05, 3.63) is 29.8 Å². The Balaban J connectivity index is 1.66. The van der Waals surface area contributed by atoms with Crippen molar-refractivity contribution in [2.45, 2.75) is 38.7 Å². The van der Waals surface area contributed by atoms with Crippen LogP contribution in [0.5, 0.6) is 5.75 Å². The lowest BCUT2D eigenvalue weighted by atomic mass is 10.1. The minimum atomic E-state index is -0.351. The third-order valence-electron chi connectivity index (χ3n) is 3.54. The molecule has 1 aliphatic heterocycles. The highest BCUT2D eigenvalue weighted by Gasteiger charge is 2.21. The summed E-state index contributed by atoms with van der Waals surface area (Å²) >= 11 is 0. The Morgan fingerprint density at radius 3 is 3.10 bits per heavy atom. The number of amides is 1. The average Bonchev–Trinajstić information content (AvgIpc) is 2.43. The molecule has 0 saturated carbocycles. The van der Waals surface area contributed by atoms with E-state index in [1.54, 1.807) is 4.90 Å². The van der Waals surface area contributed by atoms with Crippen LogP contribution in [0, 0.1) is 6.92 Å². The number of benzene rings is 1. The fourth-order valence-corrected chi connectivity index (χ4v) is 2.46. The number of hydrogen-bond acceptors (Lipinski definition) is 3. The molecule has 1 saturated heterocycles. The molecule has 4 heteroatoms. The summed E-state index contributed by atoms with van der Waals surface area (Å²) in [5.41, 5.74) is 1.17. The Kier molecular flexibility index (Phi) is 5.41. The van der Waals surface area contributed by atoms with Gasteiger partial charge in [0.2, 0.25) is 5.91 Å². The Labute approximate surface area is 120 Å². The number of aliphatic hydroxyl groups excluding tert-OH is 1. The summed E-state index contributed by atoms with van der Waals surface area (Å²) in [5, 5.41) is 9.56. The number of nitrogens with zero attached hydrogens (tertiary/aromatic N) is 1. The molecular formula is C16H23NO3. The van der Waals surface area contributed by atoms with Crippen molar-refractivity contribution in [3.63, 3.8) is 0 Å². The zero-order valence-corrected chi connectivity index (χ0v) is 12.0. The number of aryl methyl sites for hydroxylation is 1. The molecular weight excluding hydrogens is 254 g/mol.